The Morgan fingerprint density at radius 3 is 3.14 bits per heavy atom. The van der Waals surface area contributed by atoms with Gasteiger partial charge < -0.3 is 10.5 Å². The summed E-state index contributed by atoms with van der Waals surface area (Å²) in [6, 6.07) is 0. The number of anilines is 1. The minimum absolute atomic E-state index is 0.158. The molecule has 0 amide bonds. The summed E-state index contributed by atoms with van der Waals surface area (Å²) in [4.78, 5) is 15.2. The quantitative estimate of drug-likeness (QED) is 0.706. The fraction of sp³-hybridized carbons (Fsp3) is 0.556. The molecule has 2 rings (SSSR count). The predicted octanol–water partition coefficient (Wildman–Crippen LogP) is 0.443. The van der Waals surface area contributed by atoms with Crippen molar-refractivity contribution in [2.45, 2.75) is 26.0 Å². The molecular weight excluding hydrogens is 182 g/mol. The molecule has 0 radical (unpaired) electrons. The zero-order valence-corrected chi connectivity index (χ0v) is 8.06. The summed E-state index contributed by atoms with van der Waals surface area (Å²) in [5.41, 5.74) is 6.00. The number of rotatable bonds is 1. The summed E-state index contributed by atoms with van der Waals surface area (Å²) in [6.45, 7) is 2.54. The molecule has 2 heterocycles. The van der Waals surface area contributed by atoms with E-state index in [1.54, 1.807) is 6.20 Å². The molecule has 0 bridgehead atoms. The molecule has 0 unspecified atom stereocenters. The van der Waals surface area contributed by atoms with Crippen molar-refractivity contribution in [2.75, 3.05) is 12.3 Å². The number of ether oxygens (including phenoxy) is 1. The smallest absolute Gasteiger partial charge is 0.351 e. The molecule has 5 heteroatoms. The summed E-state index contributed by atoms with van der Waals surface area (Å²) in [5, 5.41) is 0. The molecule has 1 aromatic rings. The first-order chi connectivity index (χ1) is 6.68. The highest BCUT2D eigenvalue weighted by molar-refractivity contribution is 5.35. The first-order valence-electron chi connectivity index (χ1n) is 4.65. The van der Waals surface area contributed by atoms with Gasteiger partial charge in [0.25, 0.3) is 0 Å². The van der Waals surface area contributed by atoms with E-state index in [1.165, 1.54) is 4.57 Å². The van der Waals surface area contributed by atoms with Crippen LogP contribution in [0.15, 0.2) is 11.0 Å². The molecule has 1 fully saturated rings. The van der Waals surface area contributed by atoms with Gasteiger partial charge in [0.15, 0.2) is 0 Å². The standard InChI is InChI=1S/C9H13N3O2/c1-6-5-12(7-3-2-4-14-7)9(13)11-8(6)10/h5,7H,2-4H2,1H3,(H2,10,11,13)/t7-/m1/s1. The molecule has 1 aromatic heterocycles. The van der Waals surface area contributed by atoms with E-state index in [-0.39, 0.29) is 11.9 Å². The van der Waals surface area contributed by atoms with E-state index < -0.39 is 0 Å². The van der Waals surface area contributed by atoms with Gasteiger partial charge in [0.1, 0.15) is 12.0 Å². The van der Waals surface area contributed by atoms with Crippen LogP contribution in [-0.4, -0.2) is 16.2 Å². The summed E-state index contributed by atoms with van der Waals surface area (Å²) >= 11 is 0. The monoisotopic (exact) mass is 195 g/mol. The van der Waals surface area contributed by atoms with Gasteiger partial charge in [-0.2, -0.15) is 4.98 Å². The average Bonchev–Trinajstić information content (AvgIpc) is 2.64. The minimum atomic E-state index is -0.333. The summed E-state index contributed by atoms with van der Waals surface area (Å²) in [6.07, 6.45) is 3.40. The van der Waals surface area contributed by atoms with Crippen LogP contribution < -0.4 is 11.4 Å². The lowest BCUT2D eigenvalue weighted by Gasteiger charge is -2.13. The van der Waals surface area contributed by atoms with E-state index in [2.05, 4.69) is 4.98 Å². The molecule has 1 atom stereocenters. The topological polar surface area (TPSA) is 70.1 Å². The van der Waals surface area contributed by atoms with Crippen molar-refractivity contribution in [3.8, 4) is 0 Å². The first-order valence-corrected chi connectivity index (χ1v) is 4.65. The molecule has 1 saturated heterocycles. The normalized spacial score (nSPS) is 21.4. The highest BCUT2D eigenvalue weighted by Gasteiger charge is 2.19. The van der Waals surface area contributed by atoms with Crippen LogP contribution in [0.4, 0.5) is 5.82 Å². The number of hydrogen-bond donors (Lipinski definition) is 1. The lowest BCUT2D eigenvalue weighted by atomic mass is 10.3. The van der Waals surface area contributed by atoms with Crippen molar-refractivity contribution in [3.05, 3.63) is 22.2 Å². The maximum absolute atomic E-state index is 11.5. The number of nitrogen functional groups attached to an aromatic ring is 1. The van der Waals surface area contributed by atoms with Gasteiger partial charge >= 0.3 is 5.69 Å². The Labute approximate surface area is 81.5 Å². The fourth-order valence-corrected chi connectivity index (χ4v) is 1.57. The molecule has 0 aliphatic carbocycles. The van der Waals surface area contributed by atoms with Crippen molar-refractivity contribution in [1.29, 1.82) is 0 Å². The molecule has 2 N–H and O–H groups in total. The van der Waals surface area contributed by atoms with Crippen LogP contribution in [0.1, 0.15) is 24.6 Å². The number of nitrogens with zero attached hydrogens (tertiary/aromatic N) is 2. The Bertz CT molecular complexity index is 394. The minimum Gasteiger partial charge on any atom is -0.383 e. The third kappa shape index (κ3) is 1.50. The fourth-order valence-electron chi connectivity index (χ4n) is 1.57. The lowest BCUT2D eigenvalue weighted by molar-refractivity contribution is 0.0526. The van der Waals surface area contributed by atoms with Crippen molar-refractivity contribution in [1.82, 2.24) is 9.55 Å². The zero-order chi connectivity index (χ0) is 10.1. The molecule has 5 nitrogen and oxygen atoms in total. The van der Waals surface area contributed by atoms with E-state index in [0.29, 0.717) is 12.4 Å². The second-order valence-corrected chi connectivity index (χ2v) is 3.47. The first kappa shape index (κ1) is 9.21. The van der Waals surface area contributed by atoms with Crippen molar-refractivity contribution < 1.29 is 4.74 Å². The molecule has 0 spiro atoms. The Balaban J connectivity index is 2.42. The van der Waals surface area contributed by atoms with Crippen LogP contribution in [0.5, 0.6) is 0 Å². The number of hydrogen-bond acceptors (Lipinski definition) is 4. The lowest BCUT2D eigenvalue weighted by Crippen LogP contribution is -2.27. The Kier molecular flexibility index (Phi) is 2.25. The average molecular weight is 195 g/mol. The number of nitrogens with two attached hydrogens (primary N) is 1. The molecule has 76 valence electrons. The number of aryl methyl sites for hydroxylation is 1. The zero-order valence-electron chi connectivity index (χ0n) is 8.06. The third-order valence-corrected chi connectivity index (χ3v) is 2.39. The van der Waals surface area contributed by atoms with Crippen LogP contribution in [0.25, 0.3) is 0 Å². The summed E-state index contributed by atoms with van der Waals surface area (Å²) in [7, 11) is 0. The molecular formula is C9H13N3O2. The largest absolute Gasteiger partial charge is 0.383 e. The van der Waals surface area contributed by atoms with Gasteiger partial charge in [-0.3, -0.25) is 4.57 Å². The van der Waals surface area contributed by atoms with Gasteiger partial charge in [0.2, 0.25) is 0 Å². The van der Waals surface area contributed by atoms with Gasteiger partial charge in [0, 0.05) is 18.4 Å². The molecule has 14 heavy (non-hydrogen) atoms. The van der Waals surface area contributed by atoms with Gasteiger partial charge in [-0.15, -0.1) is 0 Å². The maximum Gasteiger partial charge on any atom is 0.351 e. The molecule has 1 aliphatic rings. The van der Waals surface area contributed by atoms with Crippen LogP contribution in [0.2, 0.25) is 0 Å². The van der Waals surface area contributed by atoms with E-state index in [0.717, 1.165) is 18.4 Å². The van der Waals surface area contributed by atoms with Gasteiger partial charge in [-0.25, -0.2) is 4.79 Å². The summed E-state index contributed by atoms with van der Waals surface area (Å²) < 4.78 is 6.91. The third-order valence-electron chi connectivity index (χ3n) is 2.39. The van der Waals surface area contributed by atoms with Crippen molar-refractivity contribution in [3.63, 3.8) is 0 Å². The van der Waals surface area contributed by atoms with Crippen molar-refractivity contribution >= 4 is 5.82 Å². The summed E-state index contributed by atoms with van der Waals surface area (Å²) in [5.74, 6) is 0.296. The van der Waals surface area contributed by atoms with Gasteiger partial charge in [0.05, 0.1) is 0 Å². The van der Waals surface area contributed by atoms with E-state index in [1.807, 2.05) is 6.92 Å². The van der Waals surface area contributed by atoms with Crippen molar-refractivity contribution in [2.24, 2.45) is 0 Å². The Hall–Kier alpha value is -1.36. The maximum atomic E-state index is 11.5. The SMILES string of the molecule is Cc1cn([C@H]2CCCO2)c(=O)nc1N. The molecule has 0 saturated carbocycles. The van der Waals surface area contributed by atoms with Gasteiger partial charge in [-0.1, -0.05) is 0 Å². The predicted molar refractivity (Wildman–Crippen MR) is 51.9 cm³/mol. The van der Waals surface area contributed by atoms with E-state index in [4.69, 9.17) is 10.5 Å². The molecule has 1 aliphatic heterocycles. The van der Waals surface area contributed by atoms with E-state index in [9.17, 15) is 4.79 Å². The molecule has 0 aromatic carbocycles. The highest BCUT2D eigenvalue weighted by atomic mass is 16.5. The van der Waals surface area contributed by atoms with Crippen LogP contribution in [-0.2, 0) is 4.74 Å². The highest BCUT2D eigenvalue weighted by Crippen LogP contribution is 2.21. The van der Waals surface area contributed by atoms with E-state index >= 15 is 0 Å². The number of aromatic nitrogens is 2. The second-order valence-electron chi connectivity index (χ2n) is 3.47. The van der Waals surface area contributed by atoms with Crippen LogP contribution in [0.3, 0.4) is 0 Å². The van der Waals surface area contributed by atoms with Crippen LogP contribution in [0, 0.1) is 6.92 Å². The Morgan fingerprint density at radius 1 is 1.71 bits per heavy atom. The Morgan fingerprint density at radius 2 is 2.50 bits per heavy atom. The van der Waals surface area contributed by atoms with Crippen LogP contribution >= 0.6 is 0 Å². The van der Waals surface area contributed by atoms with Gasteiger partial charge in [-0.05, 0) is 19.8 Å². The second kappa shape index (κ2) is 3.42.